The first-order valence-corrected chi connectivity index (χ1v) is 16.6. The lowest BCUT2D eigenvalue weighted by atomic mass is 9.91. The summed E-state index contributed by atoms with van der Waals surface area (Å²) in [6.07, 6.45) is 0. The zero-order valence-corrected chi connectivity index (χ0v) is 26.5. The number of aromatic nitrogens is 2. The highest BCUT2D eigenvalue weighted by atomic mass is 16.3. The van der Waals surface area contributed by atoms with E-state index >= 15 is 0 Å². The molecule has 0 amide bonds. The van der Waals surface area contributed by atoms with E-state index < -0.39 is 0 Å². The molecule has 2 aromatic heterocycles. The SMILES string of the molecule is c1ccc(-c2cccc(-c3cc(-c4ccc5c(c4)c4ccccc4c4cc6c(cc54)oc4ccccc46)nc(-c4ccccc4)n3)c2)cc1. The minimum absolute atomic E-state index is 0.703. The third-order valence-electron chi connectivity index (χ3n) is 9.65. The largest absolute Gasteiger partial charge is 0.456 e. The van der Waals surface area contributed by atoms with E-state index in [0.717, 1.165) is 55.6 Å². The maximum absolute atomic E-state index is 6.34. The van der Waals surface area contributed by atoms with E-state index in [0.29, 0.717) is 5.82 Å². The summed E-state index contributed by atoms with van der Waals surface area (Å²) in [5.41, 5.74) is 8.99. The Kier molecular flexibility index (Phi) is 6.18. The van der Waals surface area contributed by atoms with Crippen LogP contribution in [-0.2, 0) is 0 Å². The van der Waals surface area contributed by atoms with Crippen molar-refractivity contribution in [3.63, 3.8) is 0 Å². The van der Waals surface area contributed by atoms with Gasteiger partial charge in [0, 0.05) is 27.5 Å². The van der Waals surface area contributed by atoms with Crippen LogP contribution in [0.25, 0.3) is 99.3 Å². The summed E-state index contributed by atoms with van der Waals surface area (Å²) in [7, 11) is 0. The van der Waals surface area contributed by atoms with Gasteiger partial charge in [-0.1, -0.05) is 133 Å². The van der Waals surface area contributed by atoms with Gasteiger partial charge in [-0.25, -0.2) is 9.97 Å². The summed E-state index contributed by atoms with van der Waals surface area (Å²) in [4.78, 5) is 10.3. The van der Waals surface area contributed by atoms with Gasteiger partial charge in [0.1, 0.15) is 11.2 Å². The Morgan fingerprint density at radius 2 is 0.837 bits per heavy atom. The van der Waals surface area contributed by atoms with Crippen molar-refractivity contribution in [1.29, 1.82) is 0 Å². The maximum atomic E-state index is 6.34. The van der Waals surface area contributed by atoms with Crippen molar-refractivity contribution in [3.05, 3.63) is 170 Å². The van der Waals surface area contributed by atoms with Gasteiger partial charge in [0.2, 0.25) is 0 Å². The molecule has 0 saturated carbocycles. The molecule has 3 nitrogen and oxygen atoms in total. The fourth-order valence-corrected chi connectivity index (χ4v) is 7.28. The molecule has 0 aliphatic rings. The number of rotatable bonds is 4. The van der Waals surface area contributed by atoms with Crippen molar-refractivity contribution < 1.29 is 4.42 Å². The van der Waals surface area contributed by atoms with Gasteiger partial charge >= 0.3 is 0 Å². The highest BCUT2D eigenvalue weighted by molar-refractivity contribution is 6.28. The quantitative estimate of drug-likeness (QED) is 0.183. The van der Waals surface area contributed by atoms with Gasteiger partial charge in [0.15, 0.2) is 5.82 Å². The molecule has 0 radical (unpaired) electrons. The lowest BCUT2D eigenvalue weighted by molar-refractivity contribution is 0.669. The molecule has 0 N–H and O–H groups in total. The average Bonchev–Trinajstić information content (AvgIpc) is 3.55. The summed E-state index contributed by atoms with van der Waals surface area (Å²) in [6, 6.07) is 59.7. The zero-order chi connectivity index (χ0) is 32.3. The summed E-state index contributed by atoms with van der Waals surface area (Å²) >= 11 is 0. The van der Waals surface area contributed by atoms with Gasteiger partial charge in [-0.3, -0.25) is 0 Å². The van der Waals surface area contributed by atoms with Crippen LogP contribution in [0.5, 0.6) is 0 Å². The second kappa shape index (κ2) is 11.0. The van der Waals surface area contributed by atoms with E-state index in [1.807, 2.05) is 36.4 Å². The first-order chi connectivity index (χ1) is 24.3. The molecular weight excluding hydrogens is 597 g/mol. The highest BCUT2D eigenvalue weighted by Crippen LogP contribution is 2.41. The molecule has 0 aliphatic carbocycles. The summed E-state index contributed by atoms with van der Waals surface area (Å²) in [5, 5.41) is 9.50. The van der Waals surface area contributed by atoms with Crippen LogP contribution in [0, 0.1) is 0 Å². The summed E-state index contributed by atoms with van der Waals surface area (Å²) < 4.78 is 6.34. The summed E-state index contributed by atoms with van der Waals surface area (Å²) in [5.74, 6) is 0.703. The Morgan fingerprint density at radius 3 is 1.59 bits per heavy atom. The van der Waals surface area contributed by atoms with Gasteiger partial charge in [-0.15, -0.1) is 0 Å². The van der Waals surface area contributed by atoms with Gasteiger partial charge in [0.25, 0.3) is 0 Å². The van der Waals surface area contributed by atoms with E-state index in [9.17, 15) is 0 Å². The van der Waals surface area contributed by atoms with Crippen molar-refractivity contribution >= 4 is 54.3 Å². The molecule has 10 rings (SSSR count). The maximum Gasteiger partial charge on any atom is 0.160 e. The zero-order valence-electron chi connectivity index (χ0n) is 26.5. The Bertz CT molecular complexity index is 2870. The minimum atomic E-state index is 0.703. The van der Waals surface area contributed by atoms with E-state index in [1.165, 1.54) is 37.9 Å². The second-order valence-electron chi connectivity index (χ2n) is 12.6. The standard InChI is InChI=1S/C46H28N2O/c1-3-12-29(13-4-1)31-16-11-17-32(24-31)42-28-43(48-46(47-42)30-14-5-2-6-15-30)33-22-23-36-38(25-33)34-18-7-8-19-35(34)39-26-41-37-20-9-10-21-44(37)49-45(41)27-40(36)39/h1-28H. The van der Waals surface area contributed by atoms with Crippen molar-refractivity contribution in [3.8, 4) is 45.0 Å². The van der Waals surface area contributed by atoms with E-state index in [-0.39, 0.29) is 0 Å². The number of benzene rings is 8. The lowest BCUT2D eigenvalue weighted by Gasteiger charge is -2.13. The molecule has 0 spiro atoms. The molecule has 8 aromatic carbocycles. The van der Waals surface area contributed by atoms with Crippen LogP contribution in [0.15, 0.2) is 174 Å². The minimum Gasteiger partial charge on any atom is -0.456 e. The van der Waals surface area contributed by atoms with Crippen molar-refractivity contribution in [1.82, 2.24) is 9.97 Å². The third kappa shape index (κ3) is 4.59. The smallest absolute Gasteiger partial charge is 0.160 e. The predicted octanol–water partition coefficient (Wildman–Crippen LogP) is 12.5. The fraction of sp³-hybridized carbons (Fsp3) is 0. The number of hydrogen-bond acceptors (Lipinski definition) is 3. The van der Waals surface area contributed by atoms with Crippen LogP contribution in [0.1, 0.15) is 0 Å². The molecule has 0 atom stereocenters. The van der Waals surface area contributed by atoms with Crippen LogP contribution in [0.3, 0.4) is 0 Å². The first-order valence-electron chi connectivity index (χ1n) is 16.6. The Hall–Kier alpha value is -6.58. The Labute approximate surface area is 282 Å². The molecule has 10 aromatic rings. The van der Waals surface area contributed by atoms with Gasteiger partial charge < -0.3 is 4.42 Å². The lowest BCUT2D eigenvalue weighted by Crippen LogP contribution is -1.96. The van der Waals surface area contributed by atoms with Crippen LogP contribution < -0.4 is 0 Å². The molecule has 49 heavy (non-hydrogen) atoms. The number of para-hydroxylation sites is 1. The van der Waals surface area contributed by atoms with Crippen molar-refractivity contribution in [2.24, 2.45) is 0 Å². The Balaban J connectivity index is 1.20. The molecular formula is C46H28N2O. The van der Waals surface area contributed by atoms with Gasteiger partial charge in [-0.2, -0.15) is 0 Å². The third-order valence-corrected chi connectivity index (χ3v) is 9.65. The molecule has 0 bridgehead atoms. The fourth-order valence-electron chi connectivity index (χ4n) is 7.28. The van der Waals surface area contributed by atoms with Crippen LogP contribution in [0.2, 0.25) is 0 Å². The number of furan rings is 1. The molecule has 0 saturated heterocycles. The monoisotopic (exact) mass is 624 g/mol. The average molecular weight is 625 g/mol. The van der Waals surface area contributed by atoms with Crippen molar-refractivity contribution in [2.45, 2.75) is 0 Å². The van der Waals surface area contributed by atoms with E-state index in [1.54, 1.807) is 0 Å². The molecule has 0 unspecified atom stereocenters. The second-order valence-corrected chi connectivity index (χ2v) is 12.6. The Morgan fingerprint density at radius 1 is 0.286 bits per heavy atom. The molecule has 0 aliphatic heterocycles. The normalized spacial score (nSPS) is 11.7. The van der Waals surface area contributed by atoms with Crippen LogP contribution in [0.4, 0.5) is 0 Å². The first kappa shape index (κ1) is 27.5. The van der Waals surface area contributed by atoms with E-state index in [4.69, 9.17) is 14.4 Å². The highest BCUT2D eigenvalue weighted by Gasteiger charge is 2.16. The molecule has 3 heteroatoms. The number of hydrogen-bond donors (Lipinski definition) is 0. The van der Waals surface area contributed by atoms with Gasteiger partial charge in [0.05, 0.1) is 11.4 Å². The van der Waals surface area contributed by atoms with Crippen LogP contribution in [-0.4, -0.2) is 9.97 Å². The topological polar surface area (TPSA) is 38.9 Å². The molecule has 228 valence electrons. The van der Waals surface area contributed by atoms with Crippen molar-refractivity contribution in [2.75, 3.05) is 0 Å². The van der Waals surface area contributed by atoms with E-state index in [2.05, 4.69) is 133 Å². The predicted molar refractivity (Wildman–Crippen MR) is 204 cm³/mol. The van der Waals surface area contributed by atoms with Gasteiger partial charge in [-0.05, 0) is 79.8 Å². The molecule has 2 heterocycles. The number of fused-ring (bicyclic) bond motifs is 9. The molecule has 0 fully saturated rings. The summed E-state index contributed by atoms with van der Waals surface area (Å²) in [6.45, 7) is 0. The van der Waals surface area contributed by atoms with Crippen LogP contribution >= 0.6 is 0 Å². The number of nitrogens with zero attached hydrogens (tertiary/aromatic N) is 2.